The number of nitrogens with one attached hydrogen (secondary N) is 1. The largest absolute Gasteiger partial charge is 0.508 e. The summed E-state index contributed by atoms with van der Waals surface area (Å²) in [6.45, 7) is 3.57. The molecule has 0 spiro atoms. The second kappa shape index (κ2) is 5.39. The van der Waals surface area contributed by atoms with Crippen LogP contribution in [0.4, 0.5) is 0 Å². The molecule has 0 aliphatic rings. The lowest BCUT2D eigenvalue weighted by Crippen LogP contribution is -2.19. The van der Waals surface area contributed by atoms with Gasteiger partial charge in [0.25, 0.3) is 5.91 Å². The summed E-state index contributed by atoms with van der Waals surface area (Å²) in [6, 6.07) is 9.67. The first-order valence-electron chi connectivity index (χ1n) is 5.77. The van der Waals surface area contributed by atoms with Crippen molar-refractivity contribution >= 4 is 11.6 Å². The first kappa shape index (κ1) is 12.9. The van der Waals surface area contributed by atoms with E-state index in [4.69, 9.17) is 4.42 Å². The van der Waals surface area contributed by atoms with Crippen molar-refractivity contribution in [3.63, 3.8) is 0 Å². The average Bonchev–Trinajstić information content (AvgIpc) is 2.82. The minimum absolute atomic E-state index is 0.0370. The Morgan fingerprint density at radius 2 is 2.11 bits per heavy atom. The fraction of sp³-hybridized carbons (Fsp3) is 0.143. The van der Waals surface area contributed by atoms with Crippen molar-refractivity contribution in [2.24, 2.45) is 5.10 Å². The van der Waals surface area contributed by atoms with Crippen molar-refractivity contribution in [1.82, 2.24) is 5.43 Å². The summed E-state index contributed by atoms with van der Waals surface area (Å²) in [5, 5.41) is 13.2. The summed E-state index contributed by atoms with van der Waals surface area (Å²) in [5.74, 6) is 1.03. The van der Waals surface area contributed by atoms with Gasteiger partial charge in [-0.3, -0.25) is 4.79 Å². The molecule has 0 aliphatic carbocycles. The van der Waals surface area contributed by atoms with Gasteiger partial charge in [0.15, 0.2) is 0 Å². The molecule has 1 amide bonds. The zero-order valence-corrected chi connectivity index (χ0v) is 10.7. The molecule has 5 nitrogen and oxygen atoms in total. The van der Waals surface area contributed by atoms with E-state index < -0.39 is 5.91 Å². The number of rotatable bonds is 3. The van der Waals surface area contributed by atoms with E-state index in [2.05, 4.69) is 10.5 Å². The van der Waals surface area contributed by atoms with Crippen LogP contribution in [0, 0.1) is 6.92 Å². The summed E-state index contributed by atoms with van der Waals surface area (Å²) in [6.07, 6.45) is 0. The van der Waals surface area contributed by atoms with Crippen LogP contribution in [-0.4, -0.2) is 16.7 Å². The van der Waals surface area contributed by atoms with E-state index in [0.29, 0.717) is 17.0 Å². The van der Waals surface area contributed by atoms with Crippen LogP contribution in [-0.2, 0) is 0 Å². The molecule has 0 saturated carbocycles. The summed E-state index contributed by atoms with van der Waals surface area (Å²) >= 11 is 0. The van der Waals surface area contributed by atoms with Crippen LogP contribution in [0.1, 0.15) is 28.8 Å². The molecule has 98 valence electrons. The van der Waals surface area contributed by atoms with Crippen LogP contribution in [0.3, 0.4) is 0 Å². The van der Waals surface area contributed by atoms with Gasteiger partial charge in [-0.25, -0.2) is 5.43 Å². The van der Waals surface area contributed by atoms with Crippen LogP contribution in [0.25, 0.3) is 0 Å². The Morgan fingerprint density at radius 1 is 1.32 bits per heavy atom. The molecule has 2 N–H and O–H groups in total. The third kappa shape index (κ3) is 3.22. The van der Waals surface area contributed by atoms with E-state index in [-0.39, 0.29) is 5.75 Å². The van der Waals surface area contributed by atoms with Crippen molar-refractivity contribution in [1.29, 1.82) is 0 Å². The van der Waals surface area contributed by atoms with Gasteiger partial charge < -0.3 is 9.52 Å². The number of amides is 1. The average molecular weight is 258 g/mol. The number of phenols is 1. The first-order chi connectivity index (χ1) is 9.06. The lowest BCUT2D eigenvalue weighted by atomic mass is 10.2. The van der Waals surface area contributed by atoms with Gasteiger partial charge in [-0.1, -0.05) is 6.07 Å². The molecule has 0 atom stereocenters. The Labute approximate surface area is 110 Å². The van der Waals surface area contributed by atoms with E-state index >= 15 is 0 Å². The molecule has 1 aromatic heterocycles. The number of hydrogen-bond donors (Lipinski definition) is 2. The SMILES string of the molecule is C/C(=N\NC(=O)c1cccc(O)c1)c1ccc(C)o1. The quantitative estimate of drug-likeness (QED) is 0.656. The predicted molar refractivity (Wildman–Crippen MR) is 71.2 cm³/mol. The maximum Gasteiger partial charge on any atom is 0.271 e. The Kier molecular flexibility index (Phi) is 3.66. The molecule has 0 aliphatic heterocycles. The minimum Gasteiger partial charge on any atom is -0.508 e. The number of carbonyl (C=O) groups is 1. The van der Waals surface area contributed by atoms with E-state index in [0.717, 1.165) is 5.76 Å². The number of aryl methyl sites for hydroxylation is 1. The molecule has 5 heteroatoms. The zero-order valence-electron chi connectivity index (χ0n) is 10.7. The smallest absolute Gasteiger partial charge is 0.271 e. The van der Waals surface area contributed by atoms with Crippen LogP contribution < -0.4 is 5.43 Å². The molecular formula is C14H14N2O3. The van der Waals surface area contributed by atoms with E-state index in [1.165, 1.54) is 12.1 Å². The topological polar surface area (TPSA) is 74.8 Å². The van der Waals surface area contributed by atoms with E-state index in [1.807, 2.05) is 13.0 Å². The summed E-state index contributed by atoms with van der Waals surface area (Å²) in [7, 11) is 0. The van der Waals surface area contributed by atoms with Crippen LogP contribution in [0.5, 0.6) is 5.75 Å². The highest BCUT2D eigenvalue weighted by Crippen LogP contribution is 2.11. The standard InChI is InChI=1S/C14H14N2O3/c1-9-6-7-13(19-9)10(2)15-16-14(18)11-4-3-5-12(17)8-11/h3-8,17H,1-2H3,(H,16,18)/b15-10+. The Morgan fingerprint density at radius 3 is 2.74 bits per heavy atom. The Balaban J connectivity index is 2.07. The number of furan rings is 1. The highest BCUT2D eigenvalue weighted by Gasteiger charge is 2.07. The van der Waals surface area contributed by atoms with Crippen molar-refractivity contribution in [3.8, 4) is 5.75 Å². The number of nitrogens with zero attached hydrogens (tertiary/aromatic N) is 1. The second-order valence-electron chi connectivity index (χ2n) is 4.10. The van der Waals surface area contributed by atoms with E-state index in [9.17, 15) is 9.90 Å². The summed E-state index contributed by atoms with van der Waals surface area (Å²) in [4.78, 5) is 11.8. The van der Waals surface area contributed by atoms with Gasteiger partial charge in [0.05, 0.1) is 0 Å². The fourth-order valence-electron chi connectivity index (χ4n) is 1.53. The van der Waals surface area contributed by atoms with Crippen molar-refractivity contribution < 1.29 is 14.3 Å². The number of aromatic hydroxyl groups is 1. The number of carbonyl (C=O) groups excluding carboxylic acids is 1. The van der Waals surface area contributed by atoms with Gasteiger partial charge >= 0.3 is 0 Å². The van der Waals surface area contributed by atoms with Crippen LogP contribution >= 0.6 is 0 Å². The highest BCUT2D eigenvalue weighted by molar-refractivity contribution is 5.99. The first-order valence-corrected chi connectivity index (χ1v) is 5.77. The lowest BCUT2D eigenvalue weighted by molar-refractivity contribution is 0.0954. The van der Waals surface area contributed by atoms with Crippen molar-refractivity contribution in [2.45, 2.75) is 13.8 Å². The maximum absolute atomic E-state index is 11.8. The Bertz CT molecular complexity index is 629. The van der Waals surface area contributed by atoms with Gasteiger partial charge in [0.2, 0.25) is 0 Å². The summed E-state index contributed by atoms with van der Waals surface area (Å²) < 4.78 is 5.38. The van der Waals surface area contributed by atoms with Gasteiger partial charge in [-0.05, 0) is 44.2 Å². The number of hydrazone groups is 1. The van der Waals surface area contributed by atoms with Gasteiger partial charge in [0, 0.05) is 5.56 Å². The van der Waals surface area contributed by atoms with E-state index in [1.54, 1.807) is 25.1 Å². The van der Waals surface area contributed by atoms with Crippen molar-refractivity contribution in [3.05, 3.63) is 53.5 Å². The van der Waals surface area contributed by atoms with Crippen molar-refractivity contribution in [2.75, 3.05) is 0 Å². The molecule has 0 fully saturated rings. The molecule has 1 aromatic carbocycles. The van der Waals surface area contributed by atoms with Gasteiger partial charge in [-0.15, -0.1) is 0 Å². The molecule has 2 aromatic rings. The van der Waals surface area contributed by atoms with Crippen LogP contribution in [0.15, 0.2) is 45.9 Å². The molecule has 0 radical (unpaired) electrons. The third-order valence-electron chi connectivity index (χ3n) is 2.53. The maximum atomic E-state index is 11.8. The fourth-order valence-corrected chi connectivity index (χ4v) is 1.53. The molecule has 1 heterocycles. The number of phenolic OH excluding ortho intramolecular Hbond substituents is 1. The lowest BCUT2D eigenvalue weighted by Gasteiger charge is -2.01. The normalized spacial score (nSPS) is 11.4. The summed E-state index contributed by atoms with van der Waals surface area (Å²) in [5.41, 5.74) is 3.32. The predicted octanol–water partition coefficient (Wildman–Crippen LogP) is 2.45. The van der Waals surface area contributed by atoms with Gasteiger partial charge in [0.1, 0.15) is 23.0 Å². The Hall–Kier alpha value is -2.56. The molecule has 0 saturated heterocycles. The minimum atomic E-state index is -0.390. The number of hydrogen-bond acceptors (Lipinski definition) is 4. The highest BCUT2D eigenvalue weighted by atomic mass is 16.3. The van der Waals surface area contributed by atoms with Gasteiger partial charge in [-0.2, -0.15) is 5.10 Å². The monoisotopic (exact) mass is 258 g/mol. The zero-order chi connectivity index (χ0) is 13.8. The number of benzene rings is 1. The molecular weight excluding hydrogens is 244 g/mol. The molecule has 19 heavy (non-hydrogen) atoms. The molecule has 2 rings (SSSR count). The molecule has 0 bridgehead atoms. The second-order valence-corrected chi connectivity index (χ2v) is 4.10. The molecule has 0 unspecified atom stereocenters. The van der Waals surface area contributed by atoms with Crippen LogP contribution in [0.2, 0.25) is 0 Å². The third-order valence-corrected chi connectivity index (χ3v) is 2.53.